The first-order chi connectivity index (χ1) is 17.3. The average molecular weight is 476 g/mol. The number of fused-ring (bicyclic) bond motifs is 4. The zero-order valence-corrected chi connectivity index (χ0v) is 22.7. The Labute approximate surface area is 217 Å². The van der Waals surface area contributed by atoms with Gasteiger partial charge in [-0.1, -0.05) is 94.0 Å². The molecule has 36 heavy (non-hydrogen) atoms. The molecule has 0 fully saturated rings. The maximum absolute atomic E-state index is 2.55. The summed E-state index contributed by atoms with van der Waals surface area (Å²) in [4.78, 5) is 2.55. The van der Waals surface area contributed by atoms with Gasteiger partial charge in [-0.15, -0.1) is 0 Å². The van der Waals surface area contributed by atoms with Crippen LogP contribution in [0.5, 0.6) is 0 Å². The Bertz CT molecular complexity index is 1430. The molecular weight excluding hydrogens is 436 g/mol. The molecule has 3 aromatic rings. The molecule has 0 saturated carbocycles. The van der Waals surface area contributed by atoms with Crippen LogP contribution in [-0.4, -0.2) is 23.9 Å². The summed E-state index contributed by atoms with van der Waals surface area (Å²) < 4.78 is 2.33. The van der Waals surface area contributed by atoms with E-state index in [1.165, 1.54) is 57.5 Å². The van der Waals surface area contributed by atoms with Crippen LogP contribution in [0.2, 0.25) is 0 Å². The first-order valence-corrected chi connectivity index (χ1v) is 13.3. The quantitative estimate of drug-likeness (QED) is 0.256. The van der Waals surface area contributed by atoms with Crippen molar-refractivity contribution in [2.24, 2.45) is 0 Å². The molecule has 5 rings (SSSR count). The number of anilines is 1. The lowest BCUT2D eigenvalue weighted by molar-refractivity contribution is -0.401. The monoisotopic (exact) mass is 475 g/mol. The Kier molecular flexibility index (Phi) is 6.24. The molecular formula is C34H39N2+. The molecule has 0 spiro atoms. The summed E-state index contributed by atoms with van der Waals surface area (Å²) in [5, 5.41) is 2.69. The van der Waals surface area contributed by atoms with E-state index in [4.69, 9.17) is 0 Å². The molecule has 0 amide bonds. The average Bonchev–Trinajstić information content (AvgIpc) is 3.21. The highest BCUT2D eigenvalue weighted by Gasteiger charge is 2.42. The molecule has 0 saturated heterocycles. The molecule has 2 nitrogen and oxygen atoms in total. The van der Waals surface area contributed by atoms with Gasteiger partial charge in [0.1, 0.15) is 7.05 Å². The number of unbranched alkanes of at least 4 members (excludes halogenated alkanes) is 1. The van der Waals surface area contributed by atoms with E-state index in [9.17, 15) is 0 Å². The minimum Gasteiger partial charge on any atom is -0.344 e. The predicted molar refractivity (Wildman–Crippen MR) is 156 cm³/mol. The molecule has 2 heteroatoms. The van der Waals surface area contributed by atoms with Crippen molar-refractivity contribution in [3.63, 3.8) is 0 Å². The summed E-state index contributed by atoms with van der Waals surface area (Å²) in [6, 6.07) is 22.1. The number of hydrogen-bond donors (Lipinski definition) is 0. The highest BCUT2D eigenvalue weighted by molar-refractivity contribution is 6.03. The van der Waals surface area contributed by atoms with Crippen LogP contribution in [0.25, 0.3) is 10.8 Å². The Morgan fingerprint density at radius 1 is 0.833 bits per heavy atom. The maximum atomic E-state index is 2.55. The second-order valence-electron chi connectivity index (χ2n) is 11.2. The van der Waals surface area contributed by atoms with Crippen LogP contribution in [0.4, 0.5) is 11.4 Å². The number of para-hydroxylation sites is 1. The van der Waals surface area contributed by atoms with Gasteiger partial charge in [-0.2, -0.15) is 4.58 Å². The van der Waals surface area contributed by atoms with E-state index in [1.54, 1.807) is 0 Å². The van der Waals surface area contributed by atoms with Crippen LogP contribution < -0.4 is 4.90 Å². The minimum absolute atomic E-state index is 0.00123. The third-order valence-electron chi connectivity index (χ3n) is 8.16. The van der Waals surface area contributed by atoms with Crippen molar-refractivity contribution in [1.29, 1.82) is 0 Å². The number of rotatable bonds is 6. The maximum Gasteiger partial charge on any atom is 0.209 e. The molecule has 0 atom stereocenters. The SMILES string of the molecule is CCCCN1C(=CC=CC=CC2=[N+](C)c3ccccc3C2(C)C)C(C)(C)c2c1ccc1ccccc21. The molecule has 2 heterocycles. The standard InChI is InChI=1S/C34H39N2/c1-7-8-24-36-29-23-22-25-16-12-13-17-26(25)32(29)34(4,5)31(36)21-11-9-10-20-30-33(2,3)27-18-14-15-19-28(27)35(30)6/h9-23H,7-8,24H2,1-6H3/q+1. The van der Waals surface area contributed by atoms with Crippen LogP contribution in [-0.2, 0) is 10.8 Å². The summed E-state index contributed by atoms with van der Waals surface area (Å²) in [5.74, 6) is 0. The van der Waals surface area contributed by atoms with E-state index in [1.807, 2.05) is 0 Å². The Balaban J connectivity index is 1.47. The van der Waals surface area contributed by atoms with Crippen molar-refractivity contribution in [1.82, 2.24) is 0 Å². The summed E-state index contributed by atoms with van der Waals surface area (Å²) in [5.41, 5.74) is 8.17. The lowest BCUT2D eigenvalue weighted by Crippen LogP contribution is -2.27. The molecule has 2 aliphatic heterocycles. The van der Waals surface area contributed by atoms with Gasteiger partial charge in [0.2, 0.25) is 5.69 Å². The van der Waals surface area contributed by atoms with Crippen LogP contribution in [0, 0.1) is 0 Å². The first kappa shape index (κ1) is 24.3. The highest BCUT2D eigenvalue weighted by atomic mass is 15.2. The van der Waals surface area contributed by atoms with E-state index in [0.717, 1.165) is 6.54 Å². The largest absolute Gasteiger partial charge is 0.344 e. The van der Waals surface area contributed by atoms with Gasteiger partial charge in [0.05, 0.1) is 5.41 Å². The molecule has 3 aromatic carbocycles. The first-order valence-electron chi connectivity index (χ1n) is 13.3. The predicted octanol–water partition coefficient (Wildman–Crippen LogP) is 8.44. The van der Waals surface area contributed by atoms with Gasteiger partial charge in [0.25, 0.3) is 0 Å². The van der Waals surface area contributed by atoms with Crippen LogP contribution in [0.3, 0.4) is 0 Å². The van der Waals surface area contributed by atoms with Crippen molar-refractivity contribution >= 4 is 27.9 Å². The van der Waals surface area contributed by atoms with Crippen molar-refractivity contribution < 1.29 is 4.58 Å². The number of hydrogen-bond acceptors (Lipinski definition) is 1. The lowest BCUT2D eigenvalue weighted by atomic mass is 9.81. The molecule has 0 aliphatic carbocycles. The molecule has 2 aliphatic rings. The van der Waals surface area contributed by atoms with Crippen LogP contribution in [0.1, 0.15) is 58.6 Å². The smallest absolute Gasteiger partial charge is 0.209 e. The van der Waals surface area contributed by atoms with Gasteiger partial charge in [-0.25, -0.2) is 0 Å². The number of nitrogens with zero attached hydrogens (tertiary/aromatic N) is 2. The Morgan fingerprint density at radius 2 is 1.58 bits per heavy atom. The van der Waals surface area contributed by atoms with E-state index < -0.39 is 0 Å². The Hall–Kier alpha value is -3.39. The Morgan fingerprint density at radius 3 is 2.36 bits per heavy atom. The van der Waals surface area contributed by atoms with Gasteiger partial charge in [-0.3, -0.25) is 0 Å². The lowest BCUT2D eigenvalue weighted by Gasteiger charge is -2.27. The molecule has 0 bridgehead atoms. The molecule has 0 N–H and O–H groups in total. The fraction of sp³-hybridized carbons (Fsp3) is 0.324. The fourth-order valence-corrected chi connectivity index (χ4v) is 6.25. The van der Waals surface area contributed by atoms with E-state index in [0.29, 0.717) is 0 Å². The zero-order valence-electron chi connectivity index (χ0n) is 22.7. The van der Waals surface area contributed by atoms with Crippen LogP contribution in [0.15, 0.2) is 96.7 Å². The van der Waals surface area contributed by atoms with Gasteiger partial charge >= 0.3 is 0 Å². The van der Waals surface area contributed by atoms with Gasteiger partial charge in [0.15, 0.2) is 5.71 Å². The minimum atomic E-state index is -0.0535. The van der Waals surface area contributed by atoms with E-state index in [2.05, 4.69) is 142 Å². The summed E-state index contributed by atoms with van der Waals surface area (Å²) in [6.45, 7) is 12.7. The van der Waals surface area contributed by atoms with Crippen molar-refractivity contribution in [2.75, 3.05) is 18.5 Å². The van der Waals surface area contributed by atoms with Gasteiger partial charge in [-0.05, 0) is 48.7 Å². The van der Waals surface area contributed by atoms with Crippen molar-refractivity contribution in [2.45, 2.75) is 58.3 Å². The molecule has 0 radical (unpaired) electrons. The van der Waals surface area contributed by atoms with Crippen molar-refractivity contribution in [3.8, 4) is 0 Å². The summed E-state index contributed by atoms with van der Waals surface area (Å²) in [6.07, 6.45) is 13.6. The van der Waals surface area contributed by atoms with Crippen molar-refractivity contribution in [3.05, 3.63) is 108 Å². The molecule has 0 unspecified atom stereocenters. The molecule has 184 valence electrons. The number of benzene rings is 3. The second kappa shape index (κ2) is 9.24. The van der Waals surface area contributed by atoms with E-state index >= 15 is 0 Å². The fourth-order valence-electron chi connectivity index (χ4n) is 6.25. The summed E-state index contributed by atoms with van der Waals surface area (Å²) in [7, 11) is 2.17. The second-order valence-corrected chi connectivity index (χ2v) is 11.2. The summed E-state index contributed by atoms with van der Waals surface area (Å²) >= 11 is 0. The highest BCUT2D eigenvalue weighted by Crippen LogP contribution is 2.50. The van der Waals surface area contributed by atoms with Crippen LogP contribution >= 0.6 is 0 Å². The zero-order chi connectivity index (χ0) is 25.5. The normalized spacial score (nSPS) is 19.3. The molecule has 0 aromatic heterocycles. The third kappa shape index (κ3) is 3.84. The topological polar surface area (TPSA) is 6.25 Å². The number of allylic oxidation sites excluding steroid dienone is 6. The van der Waals surface area contributed by atoms with Gasteiger partial charge in [0, 0.05) is 41.1 Å². The van der Waals surface area contributed by atoms with Gasteiger partial charge < -0.3 is 4.90 Å². The van der Waals surface area contributed by atoms with E-state index in [-0.39, 0.29) is 10.8 Å². The third-order valence-corrected chi connectivity index (χ3v) is 8.16.